The molecule has 0 aliphatic carbocycles. The molecule has 94 valence electrons. The van der Waals surface area contributed by atoms with Crippen molar-refractivity contribution in [1.29, 1.82) is 0 Å². The van der Waals surface area contributed by atoms with Crippen LogP contribution in [0.25, 0.3) is 0 Å². The minimum absolute atomic E-state index is 0.135. The maximum atomic E-state index is 12.0. The Hall–Kier alpha value is -1.82. The van der Waals surface area contributed by atoms with E-state index in [1.54, 1.807) is 24.3 Å². The molecule has 0 atom stereocenters. The number of amides is 2. The monoisotopic (exact) mass is 264 g/mol. The summed E-state index contributed by atoms with van der Waals surface area (Å²) in [5.41, 5.74) is 0.397. The summed E-state index contributed by atoms with van der Waals surface area (Å²) in [7, 11) is 0. The van der Waals surface area contributed by atoms with Crippen molar-refractivity contribution in [3.05, 3.63) is 29.8 Å². The number of ether oxygens (including phenoxy) is 1. The van der Waals surface area contributed by atoms with Crippen molar-refractivity contribution in [2.45, 2.75) is 6.92 Å². The average Bonchev–Trinajstić information content (AvgIpc) is 2.76. The van der Waals surface area contributed by atoms with Crippen LogP contribution in [0.5, 0.6) is 5.75 Å². The summed E-state index contributed by atoms with van der Waals surface area (Å²) in [5, 5.41) is 2.86. The molecule has 1 aromatic carbocycles. The Morgan fingerprint density at radius 2 is 2.28 bits per heavy atom. The molecule has 1 saturated heterocycles. The number of rotatable bonds is 3. The van der Waals surface area contributed by atoms with Gasteiger partial charge in [0.05, 0.1) is 17.9 Å². The quantitative estimate of drug-likeness (QED) is 0.897. The minimum atomic E-state index is -0.413. The van der Waals surface area contributed by atoms with E-state index in [0.717, 1.165) is 0 Å². The highest BCUT2D eigenvalue weighted by Crippen LogP contribution is 2.20. The summed E-state index contributed by atoms with van der Waals surface area (Å²) in [6.07, 6.45) is 0. The highest BCUT2D eigenvalue weighted by Gasteiger charge is 2.19. The predicted molar refractivity (Wildman–Crippen MR) is 70.0 cm³/mol. The number of para-hydroxylation sites is 1. The Bertz CT molecular complexity index is 514. The normalized spacial score (nSPS) is 16.7. The van der Waals surface area contributed by atoms with Gasteiger partial charge in [-0.15, -0.1) is 0 Å². The van der Waals surface area contributed by atoms with Crippen LogP contribution in [0.4, 0.5) is 0 Å². The molecular formula is C12H12N2O3S. The topological polar surface area (TPSA) is 67.8 Å². The van der Waals surface area contributed by atoms with Gasteiger partial charge in [-0.2, -0.15) is 4.99 Å². The van der Waals surface area contributed by atoms with E-state index in [9.17, 15) is 9.59 Å². The largest absolute Gasteiger partial charge is 0.493 e. The lowest BCUT2D eigenvalue weighted by Gasteiger charge is -2.06. The maximum Gasteiger partial charge on any atom is 0.283 e. The third-order valence-electron chi connectivity index (χ3n) is 2.21. The molecule has 1 fully saturated rings. The van der Waals surface area contributed by atoms with E-state index in [2.05, 4.69) is 10.3 Å². The number of benzene rings is 1. The molecule has 2 amide bonds. The highest BCUT2D eigenvalue weighted by atomic mass is 32.2. The molecular weight excluding hydrogens is 252 g/mol. The second-order valence-corrected chi connectivity index (χ2v) is 4.45. The molecule has 1 heterocycles. The van der Waals surface area contributed by atoms with Crippen LogP contribution >= 0.6 is 11.8 Å². The zero-order valence-electron chi connectivity index (χ0n) is 9.80. The molecule has 0 bridgehead atoms. The van der Waals surface area contributed by atoms with E-state index in [4.69, 9.17) is 4.74 Å². The van der Waals surface area contributed by atoms with Crippen molar-refractivity contribution in [2.75, 3.05) is 12.4 Å². The molecule has 0 aromatic heterocycles. The van der Waals surface area contributed by atoms with Crippen LogP contribution in [0.3, 0.4) is 0 Å². The fourth-order valence-electron chi connectivity index (χ4n) is 1.46. The minimum Gasteiger partial charge on any atom is -0.493 e. The van der Waals surface area contributed by atoms with E-state index in [-0.39, 0.29) is 5.91 Å². The standard InChI is InChI=1S/C12H12N2O3S/c1-2-17-9-6-4-3-5-8(9)11(16)14-12-13-10(15)7-18-12/h3-6H,2,7H2,1H3,(H,13,14,15,16). The molecule has 0 unspecified atom stereocenters. The van der Waals surface area contributed by atoms with E-state index < -0.39 is 5.91 Å². The van der Waals surface area contributed by atoms with Gasteiger partial charge >= 0.3 is 0 Å². The average molecular weight is 264 g/mol. The van der Waals surface area contributed by atoms with Crippen LogP contribution in [-0.4, -0.2) is 29.3 Å². The summed E-state index contributed by atoms with van der Waals surface area (Å²) in [6.45, 7) is 2.33. The Kier molecular flexibility index (Phi) is 3.99. The van der Waals surface area contributed by atoms with Gasteiger partial charge < -0.3 is 10.1 Å². The molecule has 5 nitrogen and oxygen atoms in total. The van der Waals surface area contributed by atoms with Crippen molar-refractivity contribution >= 4 is 28.7 Å². The Balaban J connectivity index is 2.21. The van der Waals surface area contributed by atoms with Crippen molar-refractivity contribution in [3.63, 3.8) is 0 Å². The first-order chi connectivity index (χ1) is 8.70. The number of nitrogens with zero attached hydrogens (tertiary/aromatic N) is 1. The lowest BCUT2D eigenvalue weighted by Crippen LogP contribution is -2.21. The zero-order chi connectivity index (χ0) is 13.0. The van der Waals surface area contributed by atoms with Crippen molar-refractivity contribution in [2.24, 2.45) is 4.99 Å². The first-order valence-electron chi connectivity index (χ1n) is 5.48. The molecule has 1 aliphatic rings. The van der Waals surface area contributed by atoms with Gasteiger partial charge in [0.2, 0.25) is 5.91 Å². The summed E-state index contributed by atoms with van der Waals surface area (Å²) in [6, 6.07) is 6.91. The lowest BCUT2D eigenvalue weighted by atomic mass is 10.2. The molecule has 0 saturated carbocycles. The second kappa shape index (κ2) is 5.68. The van der Waals surface area contributed by atoms with Gasteiger partial charge in [-0.1, -0.05) is 23.9 Å². The predicted octanol–water partition coefficient (Wildman–Crippen LogP) is 1.44. The van der Waals surface area contributed by atoms with Gasteiger partial charge in [0, 0.05) is 0 Å². The van der Waals surface area contributed by atoms with Gasteiger partial charge in [0.25, 0.3) is 5.91 Å². The molecule has 1 N–H and O–H groups in total. The van der Waals surface area contributed by atoms with Gasteiger partial charge in [0.15, 0.2) is 5.17 Å². The van der Waals surface area contributed by atoms with Crippen molar-refractivity contribution < 1.29 is 14.3 Å². The Labute approximate surface area is 109 Å². The summed E-state index contributed by atoms with van der Waals surface area (Å²) < 4.78 is 5.36. The van der Waals surface area contributed by atoms with Crippen LogP contribution in [0.2, 0.25) is 0 Å². The fourth-order valence-corrected chi connectivity index (χ4v) is 2.14. The molecule has 6 heteroatoms. The number of amidine groups is 1. The van der Waals surface area contributed by atoms with Crippen LogP contribution in [-0.2, 0) is 4.79 Å². The Morgan fingerprint density at radius 1 is 1.50 bits per heavy atom. The van der Waals surface area contributed by atoms with Crippen LogP contribution in [0.15, 0.2) is 29.3 Å². The molecule has 2 rings (SSSR count). The number of thioether (sulfide) groups is 1. The summed E-state index contributed by atoms with van der Waals surface area (Å²) in [5.74, 6) is 0.260. The zero-order valence-corrected chi connectivity index (χ0v) is 10.6. The number of carbonyl (C=O) groups is 2. The summed E-state index contributed by atoms with van der Waals surface area (Å²) in [4.78, 5) is 26.8. The SMILES string of the molecule is CCOc1ccccc1C(=O)N=C1NC(=O)CS1. The smallest absolute Gasteiger partial charge is 0.283 e. The third kappa shape index (κ3) is 2.89. The molecule has 1 aliphatic heterocycles. The number of hydrogen-bond donors (Lipinski definition) is 1. The number of hydrogen-bond acceptors (Lipinski definition) is 4. The van der Waals surface area contributed by atoms with E-state index in [1.165, 1.54) is 11.8 Å². The molecule has 0 radical (unpaired) electrons. The van der Waals surface area contributed by atoms with E-state index in [0.29, 0.717) is 28.8 Å². The second-order valence-electron chi connectivity index (χ2n) is 3.49. The van der Waals surface area contributed by atoms with Gasteiger partial charge in [-0.25, -0.2) is 0 Å². The van der Waals surface area contributed by atoms with E-state index >= 15 is 0 Å². The first-order valence-corrected chi connectivity index (χ1v) is 6.46. The molecule has 18 heavy (non-hydrogen) atoms. The van der Waals surface area contributed by atoms with Crippen molar-refractivity contribution in [3.8, 4) is 5.75 Å². The highest BCUT2D eigenvalue weighted by molar-refractivity contribution is 8.15. The lowest BCUT2D eigenvalue weighted by molar-refractivity contribution is -0.116. The van der Waals surface area contributed by atoms with Gasteiger partial charge in [-0.3, -0.25) is 9.59 Å². The fraction of sp³-hybridized carbons (Fsp3) is 0.250. The Morgan fingerprint density at radius 3 is 2.94 bits per heavy atom. The van der Waals surface area contributed by atoms with Crippen LogP contribution < -0.4 is 10.1 Å². The van der Waals surface area contributed by atoms with E-state index in [1.807, 2.05) is 6.92 Å². The molecule has 1 aromatic rings. The van der Waals surface area contributed by atoms with Crippen LogP contribution in [0.1, 0.15) is 17.3 Å². The first kappa shape index (κ1) is 12.6. The van der Waals surface area contributed by atoms with Gasteiger partial charge in [0.1, 0.15) is 5.75 Å². The number of aliphatic imine (C=N–C) groups is 1. The summed E-state index contributed by atoms with van der Waals surface area (Å²) >= 11 is 1.22. The maximum absolute atomic E-state index is 12.0. The van der Waals surface area contributed by atoms with Crippen LogP contribution in [0, 0.1) is 0 Å². The number of carbonyl (C=O) groups excluding carboxylic acids is 2. The van der Waals surface area contributed by atoms with Crippen molar-refractivity contribution in [1.82, 2.24) is 5.32 Å². The molecule has 0 spiro atoms. The number of nitrogens with one attached hydrogen (secondary N) is 1. The third-order valence-corrected chi connectivity index (χ3v) is 3.08. The van der Waals surface area contributed by atoms with Gasteiger partial charge in [-0.05, 0) is 19.1 Å².